The van der Waals surface area contributed by atoms with E-state index in [-0.39, 0.29) is 63.5 Å². The van der Waals surface area contributed by atoms with Crippen LogP contribution in [0.1, 0.15) is 166 Å². The molecule has 10 rings (SSSR count). The summed E-state index contributed by atoms with van der Waals surface area (Å²) in [6.45, 7) is -14.0. The molecule has 2 unspecified atom stereocenters. The smallest absolute Gasteiger partial charge is 0.333 e. The Bertz CT molecular complexity index is 5650. The largest absolute Gasteiger partial charge is 0.416 e. The summed E-state index contributed by atoms with van der Waals surface area (Å²) in [5.41, 5.74) is -15.0. The van der Waals surface area contributed by atoms with Gasteiger partial charge in [0.25, 0.3) is 11.1 Å². The summed E-state index contributed by atoms with van der Waals surface area (Å²) in [5, 5.41) is -2.16. The highest BCUT2D eigenvalue weighted by Gasteiger charge is 2.33. The van der Waals surface area contributed by atoms with E-state index >= 15 is 4.79 Å². The Morgan fingerprint density at radius 1 is 0.542 bits per heavy atom. The zero-order valence-electron chi connectivity index (χ0n) is 83.7. The lowest BCUT2D eigenvalue weighted by Crippen LogP contribution is -2.42. The highest BCUT2D eigenvalue weighted by atomic mass is 32.2. The second kappa shape index (κ2) is 32.9. The predicted octanol–water partition coefficient (Wildman–Crippen LogP) is 15.6. The minimum Gasteiger partial charge on any atom is -0.333 e. The molecule has 96 heavy (non-hydrogen) atoms. The normalized spacial score (nSPS) is 21.8. The third kappa shape index (κ3) is 18.4. The first kappa shape index (κ1) is 40.7. The first-order chi connectivity index (χ1) is 57.9. The van der Waals surface area contributed by atoms with Crippen LogP contribution in [0, 0.1) is 11.6 Å². The van der Waals surface area contributed by atoms with E-state index in [9.17, 15) is 57.7 Å². The Balaban J connectivity index is 0.000000290. The maximum Gasteiger partial charge on any atom is 0.416 e. The maximum atomic E-state index is 15.2. The summed E-state index contributed by atoms with van der Waals surface area (Å²) in [4.78, 5) is 67.1. The molecule has 0 aliphatic heterocycles. The molecule has 6 aromatic carbocycles. The van der Waals surface area contributed by atoms with Crippen LogP contribution in [-0.2, 0) is 71.9 Å². The number of halogens is 8. The van der Waals surface area contributed by atoms with Crippen LogP contribution in [0.15, 0.2) is 165 Å². The zero-order valence-corrected chi connectivity index (χ0v) is 53.4. The van der Waals surface area contributed by atoms with Gasteiger partial charge < -0.3 is 28.7 Å². The van der Waals surface area contributed by atoms with Gasteiger partial charge >= 0.3 is 12.4 Å². The standard InChI is InChI=1S/2C37H40F4N4O2S/c2*1-4-43(5-2)21-22-44(25(3)27-11-13-28(14-12-27)29-15-17-30(18-16-29)37(39,40)41)34(46)23-45-33-8-6-7-32(33)35(47)42-36(45)48-24-26-9-19-31(38)20-10-26/h2*9-20,25H,4-8,21-24H2,1-3H3/i4D2,5D2,6D2,7D2,8D2,9D,10D,19D,20D,23D2,24D2,25D;4D2,5D2,9D,10D,19D,20D,23D2,24D2,25D. The number of alkyl halides is 6. The molecule has 2 aliphatic carbocycles. The summed E-state index contributed by atoms with van der Waals surface area (Å²) < 4.78 is 384. The van der Waals surface area contributed by atoms with E-state index in [0.717, 1.165) is 75.9 Å². The lowest BCUT2D eigenvalue weighted by Gasteiger charge is -2.33. The molecule has 2 aliphatic rings. The van der Waals surface area contributed by atoms with Crippen molar-refractivity contribution in [3.05, 3.63) is 234 Å². The third-order valence-corrected chi connectivity index (χ3v) is 16.3. The number of thioether (sulfide) groups is 2. The van der Waals surface area contributed by atoms with Crippen molar-refractivity contribution < 1.29 is 88.6 Å². The van der Waals surface area contributed by atoms with Crippen LogP contribution < -0.4 is 11.1 Å². The fourth-order valence-corrected chi connectivity index (χ4v) is 11.0. The molecule has 0 N–H and O–H groups in total. The Kier molecular flexibility index (Phi) is 13.9. The van der Waals surface area contributed by atoms with Crippen molar-refractivity contribution in [1.29, 1.82) is 0 Å². The van der Waals surface area contributed by atoms with Gasteiger partial charge in [0.2, 0.25) is 11.8 Å². The van der Waals surface area contributed by atoms with Gasteiger partial charge in [0.1, 0.15) is 24.6 Å². The second-order valence-corrected chi connectivity index (χ2v) is 22.1. The highest BCUT2D eigenvalue weighted by molar-refractivity contribution is 7.98. The molecule has 8 aromatic rings. The number of carbonyl (C=O) groups excluding carboxylic acids is 2. The number of hydrogen-bond donors (Lipinski definition) is 0. The minimum absolute atomic E-state index is 0.00353. The Hall–Kier alpha value is -7.92. The van der Waals surface area contributed by atoms with Gasteiger partial charge in [0.05, 0.1) is 42.4 Å². The first-order valence-electron chi connectivity index (χ1n) is 44.9. The Morgan fingerprint density at radius 2 is 0.906 bits per heavy atom. The van der Waals surface area contributed by atoms with Crippen LogP contribution in [0.25, 0.3) is 22.3 Å². The number of benzene rings is 6. The van der Waals surface area contributed by atoms with Crippen molar-refractivity contribution in [2.45, 2.75) is 139 Å². The van der Waals surface area contributed by atoms with Gasteiger partial charge in [-0.2, -0.15) is 36.3 Å². The van der Waals surface area contributed by atoms with E-state index in [2.05, 4.69) is 9.97 Å². The van der Waals surface area contributed by atoms with Crippen LogP contribution in [0.2, 0.25) is 0 Å². The van der Waals surface area contributed by atoms with Crippen molar-refractivity contribution in [3.63, 3.8) is 0 Å². The summed E-state index contributed by atoms with van der Waals surface area (Å²) in [5.74, 6) is -6.67. The average Bonchev–Trinajstić information content (AvgIpc) is 1.51. The number of rotatable bonds is 26. The van der Waals surface area contributed by atoms with Crippen molar-refractivity contribution in [3.8, 4) is 22.3 Å². The van der Waals surface area contributed by atoms with Crippen molar-refractivity contribution in [2.75, 3.05) is 52.2 Å². The average molecular weight is 1390 g/mol. The number of likely N-dealkylation sites (N-methyl/N-ethyl adjacent to an activating group) is 2. The lowest BCUT2D eigenvalue weighted by atomic mass is 9.99. The van der Waals surface area contributed by atoms with E-state index in [1.54, 1.807) is 0 Å². The van der Waals surface area contributed by atoms with Crippen LogP contribution >= 0.6 is 23.5 Å². The van der Waals surface area contributed by atoms with Crippen molar-refractivity contribution in [1.82, 2.24) is 38.7 Å². The van der Waals surface area contributed by atoms with Gasteiger partial charge in [-0.05, 0) is 171 Å². The summed E-state index contributed by atoms with van der Waals surface area (Å²) >= 11 is -0.465. The highest BCUT2D eigenvalue weighted by Crippen LogP contribution is 2.36. The molecule has 0 fully saturated rings. The molecule has 0 bridgehead atoms. The predicted molar refractivity (Wildman–Crippen MR) is 363 cm³/mol. The minimum atomic E-state index is -4.64. The fraction of sp³-hybridized carbons (Fsp3) is 0.378. The molecule has 2 amide bonds. The molecule has 2 aromatic heterocycles. The quantitative estimate of drug-likeness (QED) is 0.0295. The molecule has 2 heterocycles. The van der Waals surface area contributed by atoms with Crippen LogP contribution in [0.3, 0.4) is 0 Å². The van der Waals surface area contributed by atoms with E-state index < -0.39 is 259 Å². The molecule has 12 nitrogen and oxygen atoms in total. The third-order valence-electron chi connectivity index (χ3n) is 14.8. The number of carbonyl (C=O) groups is 2. The van der Waals surface area contributed by atoms with Crippen LogP contribution in [0.5, 0.6) is 0 Å². The molecular formula is C74H80F8N8O4S2. The number of nitrogens with zero attached hydrogens (tertiary/aromatic N) is 8. The molecular weight excluding hydrogens is 1280 g/mol. The number of fused-ring (bicyclic) bond motifs is 2. The molecule has 0 saturated heterocycles. The van der Waals surface area contributed by atoms with Gasteiger partial charge in [-0.25, -0.2) is 8.78 Å². The number of aromatic nitrogens is 4. The monoisotopic (exact) mass is 1390 g/mol. The van der Waals surface area contributed by atoms with Crippen LogP contribution in [-0.4, -0.2) is 103 Å². The van der Waals surface area contributed by atoms with Gasteiger partial charge in [-0.3, -0.25) is 19.2 Å². The molecule has 0 spiro atoms. The molecule has 508 valence electrons. The van der Waals surface area contributed by atoms with Crippen molar-refractivity contribution in [2.24, 2.45) is 0 Å². The SMILES string of the molecule is [2H]c1c([2H])c(C([2H])([2H])Sc2nc(=O)c3c(n2C([2H])([2H])C(=O)N(CCN(C([2H])([2H])C)C([2H])([2H])C)C([2H])(C)c2ccc(-c4ccc(C(F)(F)F)cc4)cc2)C([2H])([2H])C([2H])([2H])C3([2H])[2H])c([2H])c([2H])c1F.[2H]c1c([2H])c(C([2H])([2H])Sc2nc(=O)c3c(n2C([2H])([2H])C(=O)N(CCN(C([2H])([2H])C)C([2H])([2H])C)C([2H])(C)c2ccc(-c4ccc(C(F)(F)F)cc4)cc2)CCC3)c([2H])c([2H])c1F. The number of hydrogen-bond acceptors (Lipinski definition) is 10. The van der Waals surface area contributed by atoms with E-state index in [1.165, 1.54) is 67.6 Å². The summed E-state index contributed by atoms with van der Waals surface area (Å²) in [7, 11) is 0. The van der Waals surface area contributed by atoms with Gasteiger partial charge in [0.15, 0.2) is 10.3 Å². The Labute approximate surface area is 608 Å². The second-order valence-electron chi connectivity index (χ2n) is 20.5. The van der Waals surface area contributed by atoms with Gasteiger partial charge in [-0.1, -0.05) is 148 Å². The molecule has 22 heteroatoms. The molecule has 2 atom stereocenters. The summed E-state index contributed by atoms with van der Waals surface area (Å²) in [6.07, 6.45) is -20.1. The van der Waals surface area contributed by atoms with Crippen LogP contribution in [0.4, 0.5) is 35.1 Å². The molecule has 0 radical (unpaired) electrons. The lowest BCUT2D eigenvalue weighted by molar-refractivity contribution is -0.138. The van der Waals surface area contributed by atoms with Crippen molar-refractivity contribution >= 4 is 35.3 Å². The topological polar surface area (TPSA) is 117 Å². The molecule has 0 saturated carbocycles. The zero-order chi connectivity index (χ0) is 97.4. The Morgan fingerprint density at radius 3 is 1.28 bits per heavy atom. The van der Waals surface area contributed by atoms with Gasteiger partial charge in [0, 0.05) is 84.8 Å². The van der Waals surface area contributed by atoms with E-state index in [0.29, 0.717) is 36.0 Å². The van der Waals surface area contributed by atoms with E-state index in [4.69, 9.17) is 35.6 Å². The van der Waals surface area contributed by atoms with E-state index in [1.807, 2.05) is 0 Å². The van der Waals surface area contributed by atoms with Gasteiger partial charge in [-0.15, -0.1) is 0 Å². The first-order valence-corrected chi connectivity index (χ1v) is 30.6. The maximum absolute atomic E-state index is 15.2. The fourth-order valence-electron chi connectivity index (χ4n) is 9.70. The number of amides is 2. The summed E-state index contributed by atoms with van der Waals surface area (Å²) in [6, 6.07) is 4.30.